The lowest BCUT2D eigenvalue weighted by Crippen LogP contribution is -2.44. The molecule has 0 heterocycles. The number of carbonyl (C=O) groups is 1. The molecule has 0 aliphatic carbocycles. The maximum atomic E-state index is 12.0. The molecule has 0 saturated heterocycles. The van der Waals surface area contributed by atoms with Crippen molar-refractivity contribution in [3.8, 4) is 5.75 Å². The van der Waals surface area contributed by atoms with Gasteiger partial charge in [-0.25, -0.2) is 0 Å². The van der Waals surface area contributed by atoms with E-state index in [1.54, 1.807) is 36.2 Å². The molecule has 0 radical (unpaired) electrons. The van der Waals surface area contributed by atoms with Crippen LogP contribution >= 0.6 is 11.6 Å². The molecule has 0 saturated carbocycles. The van der Waals surface area contributed by atoms with E-state index in [2.05, 4.69) is 32.7 Å². The Labute approximate surface area is 132 Å². The molecule has 1 rings (SSSR count). The minimum absolute atomic E-state index is 0.0349. The van der Waals surface area contributed by atoms with E-state index >= 15 is 0 Å². The van der Waals surface area contributed by atoms with Gasteiger partial charge in [0.25, 0.3) is 5.91 Å². The molecule has 0 bridgehead atoms. The molecule has 0 atom stereocenters. The molecule has 1 aromatic rings. The minimum atomic E-state index is -0.0349. The molecule has 4 nitrogen and oxygen atoms in total. The van der Waals surface area contributed by atoms with Crippen molar-refractivity contribution >= 4 is 17.5 Å². The summed E-state index contributed by atoms with van der Waals surface area (Å²) in [6, 6.07) is 6.98. The Morgan fingerprint density at radius 3 is 2.24 bits per heavy atom. The van der Waals surface area contributed by atoms with Gasteiger partial charge in [-0.2, -0.15) is 0 Å². The lowest BCUT2D eigenvalue weighted by atomic mass is 10.1. The van der Waals surface area contributed by atoms with Gasteiger partial charge >= 0.3 is 0 Å². The first-order chi connectivity index (χ1) is 9.70. The van der Waals surface area contributed by atoms with Crippen LogP contribution in [-0.4, -0.2) is 55.0 Å². The van der Waals surface area contributed by atoms with E-state index in [-0.39, 0.29) is 18.1 Å². The molecule has 1 amide bonds. The van der Waals surface area contributed by atoms with Crippen molar-refractivity contribution < 1.29 is 9.53 Å². The number of benzene rings is 1. The van der Waals surface area contributed by atoms with Crippen molar-refractivity contribution in [2.24, 2.45) is 0 Å². The highest BCUT2D eigenvalue weighted by molar-refractivity contribution is 6.30. The first kappa shape index (κ1) is 17.8. The third-order valence-corrected chi connectivity index (χ3v) is 3.77. The molecular weight excluding hydrogens is 288 g/mol. The van der Waals surface area contributed by atoms with E-state index < -0.39 is 0 Å². The SMILES string of the molecule is CN(CCN(C)C(C)(C)C)C(=O)COc1ccc(Cl)cc1. The predicted molar refractivity (Wildman–Crippen MR) is 87.0 cm³/mol. The fraction of sp³-hybridized carbons (Fsp3) is 0.562. The van der Waals surface area contributed by atoms with Crippen LogP contribution in [0, 0.1) is 0 Å². The van der Waals surface area contributed by atoms with Crippen LogP contribution in [0.25, 0.3) is 0 Å². The van der Waals surface area contributed by atoms with Gasteiger partial charge in [-0.05, 0) is 52.1 Å². The number of hydrogen-bond donors (Lipinski definition) is 0. The molecule has 0 aromatic heterocycles. The lowest BCUT2D eigenvalue weighted by molar-refractivity contribution is -0.132. The molecule has 0 N–H and O–H groups in total. The van der Waals surface area contributed by atoms with Gasteiger partial charge in [-0.1, -0.05) is 11.6 Å². The van der Waals surface area contributed by atoms with Crippen LogP contribution in [0.1, 0.15) is 20.8 Å². The maximum absolute atomic E-state index is 12.0. The highest BCUT2D eigenvalue weighted by Crippen LogP contribution is 2.15. The normalized spacial score (nSPS) is 11.6. The highest BCUT2D eigenvalue weighted by atomic mass is 35.5. The maximum Gasteiger partial charge on any atom is 0.260 e. The smallest absolute Gasteiger partial charge is 0.260 e. The van der Waals surface area contributed by atoms with Crippen molar-refractivity contribution in [2.45, 2.75) is 26.3 Å². The fourth-order valence-corrected chi connectivity index (χ4v) is 1.67. The van der Waals surface area contributed by atoms with Crippen LogP contribution in [0.4, 0.5) is 0 Å². The van der Waals surface area contributed by atoms with Gasteiger partial charge in [0.1, 0.15) is 5.75 Å². The molecule has 0 aliphatic heterocycles. The largest absolute Gasteiger partial charge is 0.484 e. The fourth-order valence-electron chi connectivity index (χ4n) is 1.55. The molecule has 0 fully saturated rings. The zero-order valence-electron chi connectivity index (χ0n) is 13.5. The number of carbonyl (C=O) groups excluding carboxylic acids is 1. The van der Waals surface area contributed by atoms with Crippen molar-refractivity contribution in [2.75, 3.05) is 33.8 Å². The van der Waals surface area contributed by atoms with Gasteiger partial charge in [0.2, 0.25) is 0 Å². The molecule has 1 aromatic carbocycles. The van der Waals surface area contributed by atoms with Crippen molar-refractivity contribution in [1.82, 2.24) is 9.80 Å². The predicted octanol–water partition coefficient (Wildman–Crippen LogP) is 2.91. The first-order valence-corrected chi connectivity index (χ1v) is 7.41. The van der Waals surface area contributed by atoms with Crippen LogP contribution in [0.5, 0.6) is 5.75 Å². The van der Waals surface area contributed by atoms with E-state index in [4.69, 9.17) is 16.3 Å². The molecule has 0 spiro atoms. The van der Waals surface area contributed by atoms with E-state index in [1.165, 1.54) is 0 Å². The summed E-state index contributed by atoms with van der Waals surface area (Å²) in [5.41, 5.74) is 0.101. The Balaban J connectivity index is 2.36. The Morgan fingerprint density at radius 1 is 1.14 bits per heavy atom. The second-order valence-corrected chi connectivity index (χ2v) is 6.59. The topological polar surface area (TPSA) is 32.8 Å². The van der Waals surface area contributed by atoms with Crippen molar-refractivity contribution in [3.63, 3.8) is 0 Å². The summed E-state index contributed by atoms with van der Waals surface area (Å²) in [5, 5.41) is 0.649. The Morgan fingerprint density at radius 2 is 1.71 bits per heavy atom. The number of rotatable bonds is 6. The molecule has 0 unspecified atom stereocenters. The van der Waals surface area contributed by atoms with E-state index in [1.807, 2.05) is 0 Å². The van der Waals surface area contributed by atoms with E-state index in [9.17, 15) is 4.79 Å². The van der Waals surface area contributed by atoms with Crippen LogP contribution in [0.3, 0.4) is 0 Å². The lowest BCUT2D eigenvalue weighted by Gasteiger charge is -2.33. The van der Waals surface area contributed by atoms with Gasteiger partial charge in [0.05, 0.1) is 0 Å². The standard InChI is InChI=1S/C16H25ClN2O2/c1-16(2,3)19(5)11-10-18(4)15(20)12-21-14-8-6-13(17)7-9-14/h6-9H,10-12H2,1-5H3. The Bertz CT molecular complexity index is 454. The van der Waals surface area contributed by atoms with Gasteiger partial charge < -0.3 is 9.64 Å². The third kappa shape index (κ3) is 6.36. The monoisotopic (exact) mass is 312 g/mol. The quantitative estimate of drug-likeness (QED) is 0.809. The summed E-state index contributed by atoms with van der Waals surface area (Å²) < 4.78 is 5.45. The molecule has 0 aliphatic rings. The Hall–Kier alpha value is -1.26. The number of hydrogen-bond acceptors (Lipinski definition) is 3. The number of likely N-dealkylation sites (N-methyl/N-ethyl adjacent to an activating group) is 2. The van der Waals surface area contributed by atoms with E-state index in [0.717, 1.165) is 6.54 Å². The van der Waals surface area contributed by atoms with E-state index in [0.29, 0.717) is 17.3 Å². The van der Waals surface area contributed by atoms with Gasteiger partial charge in [0.15, 0.2) is 6.61 Å². The number of amides is 1. The summed E-state index contributed by atoms with van der Waals surface area (Å²) in [7, 11) is 3.85. The molecular formula is C16H25ClN2O2. The summed E-state index contributed by atoms with van der Waals surface area (Å²) in [5.74, 6) is 0.611. The molecule has 5 heteroatoms. The number of ether oxygens (including phenoxy) is 1. The van der Waals surface area contributed by atoms with Crippen LogP contribution in [0.2, 0.25) is 5.02 Å². The molecule has 21 heavy (non-hydrogen) atoms. The second kappa shape index (κ2) is 7.66. The van der Waals surface area contributed by atoms with Crippen molar-refractivity contribution in [1.29, 1.82) is 0 Å². The summed E-state index contributed by atoms with van der Waals surface area (Å²) >= 11 is 5.80. The van der Waals surface area contributed by atoms with Crippen molar-refractivity contribution in [3.05, 3.63) is 29.3 Å². The zero-order valence-corrected chi connectivity index (χ0v) is 14.3. The van der Waals surface area contributed by atoms with Crippen LogP contribution < -0.4 is 4.74 Å². The van der Waals surface area contributed by atoms with Gasteiger partial charge in [-0.3, -0.25) is 9.69 Å². The highest BCUT2D eigenvalue weighted by Gasteiger charge is 2.18. The second-order valence-electron chi connectivity index (χ2n) is 6.15. The summed E-state index contributed by atoms with van der Waals surface area (Å²) in [6.07, 6.45) is 0. The average Bonchev–Trinajstić information content (AvgIpc) is 2.42. The number of halogens is 1. The number of nitrogens with zero attached hydrogens (tertiary/aromatic N) is 2. The third-order valence-electron chi connectivity index (χ3n) is 3.52. The summed E-state index contributed by atoms with van der Waals surface area (Å²) in [4.78, 5) is 15.9. The summed E-state index contributed by atoms with van der Waals surface area (Å²) in [6.45, 7) is 8.00. The van der Waals surface area contributed by atoms with Crippen LogP contribution in [0.15, 0.2) is 24.3 Å². The first-order valence-electron chi connectivity index (χ1n) is 7.03. The Kier molecular flexibility index (Phi) is 6.49. The van der Waals surface area contributed by atoms with Gasteiger partial charge in [0, 0.05) is 30.7 Å². The average molecular weight is 313 g/mol. The minimum Gasteiger partial charge on any atom is -0.484 e. The van der Waals surface area contributed by atoms with Gasteiger partial charge in [-0.15, -0.1) is 0 Å². The molecule has 118 valence electrons. The zero-order chi connectivity index (χ0) is 16.0. The van der Waals surface area contributed by atoms with Crippen LogP contribution in [-0.2, 0) is 4.79 Å².